The van der Waals surface area contributed by atoms with E-state index in [0.717, 1.165) is 19.4 Å². The summed E-state index contributed by atoms with van der Waals surface area (Å²) in [5.74, 6) is 0. The zero-order chi connectivity index (χ0) is 18.3. The molecule has 0 radical (unpaired) electrons. The van der Waals surface area contributed by atoms with Crippen LogP contribution in [-0.4, -0.2) is 48.3 Å². The fourth-order valence-corrected chi connectivity index (χ4v) is 2.62. The Morgan fingerprint density at radius 1 is 1.09 bits per heavy atom. The van der Waals surface area contributed by atoms with Crippen LogP contribution in [0.25, 0.3) is 0 Å². The third kappa shape index (κ3) is 9.82. The largest absolute Gasteiger partial charge is 0.444 e. The second-order valence-corrected chi connectivity index (χ2v) is 8.37. The van der Waals surface area contributed by atoms with Gasteiger partial charge < -0.3 is 15.8 Å². The minimum absolute atomic E-state index is 0.0248. The topological polar surface area (TPSA) is 67.6 Å². The first-order valence-corrected chi connectivity index (χ1v) is 8.83. The second kappa shape index (κ2) is 9.48. The summed E-state index contributed by atoms with van der Waals surface area (Å²) in [6.45, 7) is 18.9. The number of hydrogen-bond donors (Lipinski definition) is 2. The molecule has 1 atom stereocenters. The van der Waals surface area contributed by atoms with Crippen molar-refractivity contribution >= 4 is 6.09 Å². The molecule has 0 spiro atoms. The van der Waals surface area contributed by atoms with E-state index in [1.165, 1.54) is 0 Å². The van der Waals surface area contributed by atoms with Gasteiger partial charge in [-0.05, 0) is 79.8 Å². The molecule has 1 amide bonds. The highest BCUT2D eigenvalue weighted by Gasteiger charge is 2.25. The summed E-state index contributed by atoms with van der Waals surface area (Å²) in [5, 5.41) is 2.83. The number of rotatable bonds is 9. The SMILES string of the molecule is CC(C)N(CC[C@@](C)(CN)CCNC(=O)OC(C)(C)C)C(C)C. The Kier molecular flexibility index (Phi) is 9.14. The zero-order valence-electron chi connectivity index (χ0n) is 16.5. The van der Waals surface area contributed by atoms with E-state index in [9.17, 15) is 4.79 Å². The van der Waals surface area contributed by atoms with Gasteiger partial charge in [0.15, 0.2) is 0 Å². The predicted molar refractivity (Wildman–Crippen MR) is 97.6 cm³/mol. The number of amides is 1. The summed E-state index contributed by atoms with van der Waals surface area (Å²) in [7, 11) is 0. The highest BCUT2D eigenvalue weighted by Crippen LogP contribution is 2.25. The molecule has 0 aliphatic carbocycles. The van der Waals surface area contributed by atoms with Gasteiger partial charge in [-0.1, -0.05) is 6.92 Å². The molecule has 3 N–H and O–H groups in total. The quantitative estimate of drug-likeness (QED) is 0.680. The average molecular weight is 330 g/mol. The smallest absolute Gasteiger partial charge is 0.407 e. The van der Waals surface area contributed by atoms with Crippen molar-refractivity contribution in [3.8, 4) is 0 Å². The van der Waals surface area contributed by atoms with Crippen LogP contribution in [0, 0.1) is 5.41 Å². The van der Waals surface area contributed by atoms with E-state index in [0.29, 0.717) is 25.2 Å². The Morgan fingerprint density at radius 3 is 2.00 bits per heavy atom. The highest BCUT2D eigenvalue weighted by molar-refractivity contribution is 5.67. The van der Waals surface area contributed by atoms with E-state index < -0.39 is 5.60 Å². The van der Waals surface area contributed by atoms with Crippen LogP contribution < -0.4 is 11.1 Å². The lowest BCUT2D eigenvalue weighted by atomic mass is 9.83. The number of hydrogen-bond acceptors (Lipinski definition) is 4. The third-order valence-corrected chi connectivity index (χ3v) is 4.19. The summed E-state index contributed by atoms with van der Waals surface area (Å²) >= 11 is 0. The van der Waals surface area contributed by atoms with Gasteiger partial charge >= 0.3 is 6.09 Å². The van der Waals surface area contributed by atoms with Crippen molar-refractivity contribution in [2.45, 2.75) is 85.9 Å². The normalized spacial score (nSPS) is 15.1. The Hall–Kier alpha value is -0.810. The van der Waals surface area contributed by atoms with Gasteiger partial charge in [-0.15, -0.1) is 0 Å². The van der Waals surface area contributed by atoms with Gasteiger partial charge in [-0.2, -0.15) is 0 Å². The van der Waals surface area contributed by atoms with Crippen molar-refractivity contribution in [3.05, 3.63) is 0 Å². The monoisotopic (exact) mass is 329 g/mol. The molecule has 0 aliphatic rings. The Labute approximate surface area is 143 Å². The van der Waals surface area contributed by atoms with Crippen LogP contribution >= 0.6 is 0 Å². The number of carbonyl (C=O) groups is 1. The van der Waals surface area contributed by atoms with Gasteiger partial charge in [0, 0.05) is 18.6 Å². The molecular weight excluding hydrogens is 290 g/mol. The lowest BCUT2D eigenvalue weighted by Gasteiger charge is -2.35. The fraction of sp³-hybridized carbons (Fsp3) is 0.944. The van der Waals surface area contributed by atoms with Crippen molar-refractivity contribution in [3.63, 3.8) is 0 Å². The Bertz CT molecular complexity index is 343. The van der Waals surface area contributed by atoms with Crippen molar-refractivity contribution in [1.29, 1.82) is 0 Å². The molecule has 0 heterocycles. The van der Waals surface area contributed by atoms with Gasteiger partial charge in [-0.25, -0.2) is 4.79 Å². The standard InChI is InChI=1S/C18H39N3O2/c1-14(2)21(15(3)4)12-10-18(8,13-19)9-11-20-16(22)23-17(5,6)7/h14-15H,9-13,19H2,1-8H3,(H,20,22)/t18-/m0/s1. The molecule has 0 saturated heterocycles. The van der Waals surface area contributed by atoms with Crippen molar-refractivity contribution in [2.24, 2.45) is 11.1 Å². The van der Waals surface area contributed by atoms with E-state index in [2.05, 4.69) is 44.8 Å². The van der Waals surface area contributed by atoms with Crippen molar-refractivity contribution < 1.29 is 9.53 Å². The van der Waals surface area contributed by atoms with Crippen LogP contribution in [0.5, 0.6) is 0 Å². The number of nitrogens with one attached hydrogen (secondary N) is 1. The summed E-state index contributed by atoms with van der Waals surface area (Å²) in [5.41, 5.74) is 5.56. The Morgan fingerprint density at radius 2 is 1.61 bits per heavy atom. The molecular formula is C18H39N3O2. The van der Waals surface area contributed by atoms with Crippen LogP contribution in [0.15, 0.2) is 0 Å². The van der Waals surface area contributed by atoms with E-state index in [4.69, 9.17) is 10.5 Å². The minimum atomic E-state index is -0.462. The van der Waals surface area contributed by atoms with Gasteiger partial charge in [0.05, 0.1) is 0 Å². The summed E-state index contributed by atoms with van der Waals surface area (Å²) in [4.78, 5) is 14.2. The summed E-state index contributed by atoms with van der Waals surface area (Å²) < 4.78 is 5.26. The number of nitrogens with zero attached hydrogens (tertiary/aromatic N) is 1. The van der Waals surface area contributed by atoms with Crippen molar-refractivity contribution in [1.82, 2.24) is 10.2 Å². The van der Waals surface area contributed by atoms with Crippen molar-refractivity contribution in [2.75, 3.05) is 19.6 Å². The molecule has 0 aromatic rings. The minimum Gasteiger partial charge on any atom is -0.444 e. The van der Waals surface area contributed by atoms with Crippen LogP contribution in [0.2, 0.25) is 0 Å². The van der Waals surface area contributed by atoms with Gasteiger partial charge in [-0.3, -0.25) is 4.90 Å². The molecule has 0 unspecified atom stereocenters. The van der Waals surface area contributed by atoms with E-state index in [1.807, 2.05) is 20.8 Å². The van der Waals surface area contributed by atoms with E-state index >= 15 is 0 Å². The molecule has 5 nitrogen and oxygen atoms in total. The van der Waals surface area contributed by atoms with Gasteiger partial charge in [0.1, 0.15) is 5.60 Å². The first kappa shape index (κ1) is 22.2. The van der Waals surface area contributed by atoms with Crippen LogP contribution in [0.4, 0.5) is 4.79 Å². The van der Waals surface area contributed by atoms with Crippen LogP contribution in [-0.2, 0) is 4.74 Å². The maximum atomic E-state index is 11.7. The first-order chi connectivity index (χ1) is 10.4. The lowest BCUT2D eigenvalue weighted by Crippen LogP contribution is -2.42. The second-order valence-electron chi connectivity index (χ2n) is 8.37. The number of carbonyl (C=O) groups excluding carboxylic acids is 1. The molecule has 0 aliphatic heterocycles. The molecule has 0 aromatic heterocycles. The molecule has 0 rings (SSSR count). The van der Waals surface area contributed by atoms with Gasteiger partial charge in [0.25, 0.3) is 0 Å². The fourth-order valence-electron chi connectivity index (χ4n) is 2.62. The van der Waals surface area contributed by atoms with Crippen LogP contribution in [0.1, 0.15) is 68.2 Å². The third-order valence-electron chi connectivity index (χ3n) is 4.19. The zero-order valence-corrected chi connectivity index (χ0v) is 16.5. The molecule has 0 aromatic carbocycles. The van der Waals surface area contributed by atoms with Crippen LogP contribution in [0.3, 0.4) is 0 Å². The summed E-state index contributed by atoms with van der Waals surface area (Å²) in [6.07, 6.45) is 1.52. The molecule has 138 valence electrons. The van der Waals surface area contributed by atoms with E-state index in [1.54, 1.807) is 0 Å². The highest BCUT2D eigenvalue weighted by atomic mass is 16.6. The molecule has 0 bridgehead atoms. The Balaban J connectivity index is 4.37. The maximum absolute atomic E-state index is 11.7. The van der Waals surface area contributed by atoms with Gasteiger partial charge in [0.2, 0.25) is 0 Å². The molecule has 23 heavy (non-hydrogen) atoms. The molecule has 5 heteroatoms. The predicted octanol–water partition coefficient (Wildman–Crippen LogP) is 3.38. The lowest BCUT2D eigenvalue weighted by molar-refractivity contribution is 0.0519. The molecule has 0 saturated carbocycles. The van der Waals surface area contributed by atoms with E-state index in [-0.39, 0.29) is 11.5 Å². The summed E-state index contributed by atoms with van der Waals surface area (Å²) in [6, 6.07) is 1.05. The first-order valence-electron chi connectivity index (χ1n) is 8.83. The average Bonchev–Trinajstić information content (AvgIpc) is 2.35. The maximum Gasteiger partial charge on any atom is 0.407 e. The number of nitrogens with two attached hydrogens (primary N) is 1. The number of alkyl carbamates (subject to hydrolysis) is 1. The number of ether oxygens (including phenoxy) is 1. The molecule has 0 fully saturated rings.